The molecule has 0 radical (unpaired) electrons. The molecule has 92 valence electrons. The largest absolute Gasteiger partial charge is 0.490 e. The van der Waals surface area contributed by atoms with Crippen LogP contribution in [0.15, 0.2) is 18.2 Å². The summed E-state index contributed by atoms with van der Waals surface area (Å²) in [5.41, 5.74) is 0.874. The van der Waals surface area contributed by atoms with Gasteiger partial charge >= 0.3 is 5.69 Å². The third-order valence-electron chi connectivity index (χ3n) is 2.68. The molecule has 1 N–H and O–H groups in total. The fourth-order valence-corrected chi connectivity index (χ4v) is 2.95. The van der Waals surface area contributed by atoms with Gasteiger partial charge in [-0.05, 0) is 18.2 Å². The van der Waals surface area contributed by atoms with Gasteiger partial charge in [-0.15, -0.1) is 0 Å². The zero-order chi connectivity index (χ0) is 12.3. The van der Waals surface area contributed by atoms with E-state index in [9.17, 15) is 10.1 Å². The van der Waals surface area contributed by atoms with Crippen molar-refractivity contribution in [1.82, 2.24) is 0 Å². The van der Waals surface area contributed by atoms with E-state index in [0.29, 0.717) is 11.8 Å². The Morgan fingerprint density at radius 2 is 2.41 bits per heavy atom. The standard InChI is InChI=1S/C11H14N2O3S/c1-16-11-6-8(2-3-10(11)13(14)15)12-9-4-5-17-7-9/h2-3,6,9,12H,4-5,7H2,1H3. The predicted molar refractivity (Wildman–Crippen MR) is 69.0 cm³/mol. The smallest absolute Gasteiger partial charge is 0.311 e. The lowest BCUT2D eigenvalue weighted by Gasteiger charge is -2.13. The van der Waals surface area contributed by atoms with Gasteiger partial charge in [0.25, 0.3) is 0 Å². The zero-order valence-electron chi connectivity index (χ0n) is 9.51. The maximum Gasteiger partial charge on any atom is 0.311 e. The van der Waals surface area contributed by atoms with Gasteiger partial charge in [0, 0.05) is 29.6 Å². The monoisotopic (exact) mass is 254 g/mol. The van der Waals surface area contributed by atoms with E-state index < -0.39 is 4.92 Å². The number of rotatable bonds is 4. The van der Waals surface area contributed by atoms with Crippen molar-refractivity contribution >= 4 is 23.1 Å². The van der Waals surface area contributed by atoms with Crippen LogP contribution in [0.4, 0.5) is 11.4 Å². The molecule has 1 atom stereocenters. The molecule has 0 aliphatic carbocycles. The lowest BCUT2D eigenvalue weighted by atomic mass is 10.2. The molecule has 1 aliphatic heterocycles. The van der Waals surface area contributed by atoms with Crippen molar-refractivity contribution < 1.29 is 9.66 Å². The van der Waals surface area contributed by atoms with Crippen LogP contribution in [0, 0.1) is 10.1 Å². The number of hydrogen-bond donors (Lipinski definition) is 1. The normalized spacial score (nSPS) is 19.0. The summed E-state index contributed by atoms with van der Waals surface area (Å²) in [7, 11) is 1.44. The molecule has 0 saturated carbocycles. The Bertz CT molecular complexity index is 419. The van der Waals surface area contributed by atoms with Crippen molar-refractivity contribution in [2.45, 2.75) is 12.5 Å². The number of thioether (sulfide) groups is 1. The molecule has 6 heteroatoms. The van der Waals surface area contributed by atoms with Gasteiger partial charge in [0.05, 0.1) is 12.0 Å². The molecule has 0 bridgehead atoms. The van der Waals surface area contributed by atoms with Crippen molar-refractivity contribution in [2.24, 2.45) is 0 Å². The van der Waals surface area contributed by atoms with Crippen LogP contribution >= 0.6 is 11.8 Å². The highest BCUT2D eigenvalue weighted by atomic mass is 32.2. The Balaban J connectivity index is 2.15. The van der Waals surface area contributed by atoms with E-state index in [2.05, 4.69) is 5.32 Å². The molecule has 17 heavy (non-hydrogen) atoms. The first-order valence-corrected chi connectivity index (χ1v) is 6.53. The first kappa shape index (κ1) is 12.0. The summed E-state index contributed by atoms with van der Waals surface area (Å²) in [4.78, 5) is 10.3. The highest BCUT2D eigenvalue weighted by molar-refractivity contribution is 7.99. The van der Waals surface area contributed by atoms with Gasteiger partial charge in [0.1, 0.15) is 0 Å². The highest BCUT2D eigenvalue weighted by Crippen LogP contribution is 2.31. The number of nitro groups is 1. The number of hydrogen-bond acceptors (Lipinski definition) is 5. The molecule has 1 aromatic rings. The average Bonchev–Trinajstić information content (AvgIpc) is 2.81. The summed E-state index contributed by atoms with van der Waals surface area (Å²) in [6, 6.07) is 5.33. The van der Waals surface area contributed by atoms with Gasteiger partial charge in [-0.2, -0.15) is 11.8 Å². The Labute approximate surface area is 104 Å². The fourth-order valence-electron chi connectivity index (χ4n) is 1.80. The molecular weight excluding hydrogens is 240 g/mol. The van der Waals surface area contributed by atoms with Crippen LogP contribution in [0.3, 0.4) is 0 Å². The van der Waals surface area contributed by atoms with Crippen molar-refractivity contribution in [3.63, 3.8) is 0 Å². The summed E-state index contributed by atoms with van der Waals surface area (Å²) < 4.78 is 5.02. The summed E-state index contributed by atoms with van der Waals surface area (Å²) in [5, 5.41) is 14.1. The Kier molecular flexibility index (Phi) is 3.73. The van der Waals surface area contributed by atoms with E-state index >= 15 is 0 Å². The second-order valence-corrected chi connectivity index (χ2v) is 5.00. The van der Waals surface area contributed by atoms with Crippen LogP contribution in [0.5, 0.6) is 5.75 Å². The summed E-state index contributed by atoms with van der Waals surface area (Å²) in [6.07, 6.45) is 1.13. The number of ether oxygens (including phenoxy) is 1. The van der Waals surface area contributed by atoms with Crippen LogP contribution in [-0.4, -0.2) is 29.6 Å². The first-order valence-electron chi connectivity index (χ1n) is 5.37. The van der Waals surface area contributed by atoms with Crippen molar-refractivity contribution in [1.29, 1.82) is 0 Å². The van der Waals surface area contributed by atoms with Gasteiger partial charge in [-0.3, -0.25) is 10.1 Å². The number of methoxy groups -OCH3 is 1. The van der Waals surface area contributed by atoms with Gasteiger partial charge in [-0.25, -0.2) is 0 Å². The lowest BCUT2D eigenvalue weighted by Crippen LogP contribution is -2.17. The lowest BCUT2D eigenvalue weighted by molar-refractivity contribution is -0.385. The first-order chi connectivity index (χ1) is 8.20. The SMILES string of the molecule is COc1cc(NC2CCSC2)ccc1[N+](=O)[O-]. The Morgan fingerprint density at radius 3 is 3.00 bits per heavy atom. The molecule has 2 rings (SSSR count). The highest BCUT2D eigenvalue weighted by Gasteiger charge is 2.18. The van der Waals surface area contributed by atoms with Crippen LogP contribution in [-0.2, 0) is 0 Å². The van der Waals surface area contributed by atoms with Crippen molar-refractivity contribution in [2.75, 3.05) is 23.9 Å². The molecule has 0 spiro atoms. The minimum absolute atomic E-state index is 0.00107. The van der Waals surface area contributed by atoms with Crippen LogP contribution in [0.2, 0.25) is 0 Å². The molecule has 0 aromatic heterocycles. The Hall–Kier alpha value is -1.43. The van der Waals surface area contributed by atoms with Crippen molar-refractivity contribution in [3.05, 3.63) is 28.3 Å². The second kappa shape index (κ2) is 5.27. The molecule has 1 fully saturated rings. The second-order valence-electron chi connectivity index (χ2n) is 3.85. The number of nitrogens with zero attached hydrogens (tertiary/aromatic N) is 1. The third-order valence-corrected chi connectivity index (χ3v) is 3.84. The third kappa shape index (κ3) is 2.82. The van der Waals surface area contributed by atoms with E-state index in [1.807, 2.05) is 11.8 Å². The van der Waals surface area contributed by atoms with Gasteiger partial charge < -0.3 is 10.1 Å². The maximum absolute atomic E-state index is 10.7. The van der Waals surface area contributed by atoms with Gasteiger partial charge in [-0.1, -0.05) is 0 Å². The molecule has 1 aromatic carbocycles. The van der Waals surface area contributed by atoms with E-state index in [1.54, 1.807) is 12.1 Å². The van der Waals surface area contributed by atoms with Crippen LogP contribution < -0.4 is 10.1 Å². The van der Waals surface area contributed by atoms with E-state index in [0.717, 1.165) is 17.9 Å². The molecular formula is C11H14N2O3S. The van der Waals surface area contributed by atoms with Crippen LogP contribution in [0.25, 0.3) is 0 Å². The van der Waals surface area contributed by atoms with E-state index in [4.69, 9.17) is 4.74 Å². The average molecular weight is 254 g/mol. The number of anilines is 1. The topological polar surface area (TPSA) is 64.4 Å². The molecule has 0 amide bonds. The van der Waals surface area contributed by atoms with Gasteiger partial charge in [0.2, 0.25) is 0 Å². The van der Waals surface area contributed by atoms with E-state index in [1.165, 1.54) is 18.9 Å². The summed E-state index contributed by atoms with van der Waals surface area (Å²) in [6.45, 7) is 0. The number of nitrogens with one attached hydrogen (secondary N) is 1. The van der Waals surface area contributed by atoms with Gasteiger partial charge in [0.15, 0.2) is 5.75 Å². The molecule has 1 saturated heterocycles. The minimum atomic E-state index is -0.436. The number of benzene rings is 1. The fraction of sp³-hybridized carbons (Fsp3) is 0.455. The summed E-state index contributed by atoms with van der Waals surface area (Å²) >= 11 is 1.92. The maximum atomic E-state index is 10.7. The Morgan fingerprint density at radius 1 is 1.59 bits per heavy atom. The molecule has 1 unspecified atom stereocenters. The zero-order valence-corrected chi connectivity index (χ0v) is 10.3. The predicted octanol–water partition coefficient (Wildman–Crippen LogP) is 2.52. The number of nitro benzene ring substituents is 1. The van der Waals surface area contributed by atoms with Crippen LogP contribution in [0.1, 0.15) is 6.42 Å². The van der Waals surface area contributed by atoms with Crippen molar-refractivity contribution in [3.8, 4) is 5.75 Å². The molecule has 1 heterocycles. The molecule has 5 nitrogen and oxygen atoms in total. The minimum Gasteiger partial charge on any atom is -0.490 e. The summed E-state index contributed by atoms with van der Waals surface area (Å²) in [5.74, 6) is 2.55. The van der Waals surface area contributed by atoms with E-state index in [-0.39, 0.29) is 5.69 Å². The molecule has 1 aliphatic rings. The quantitative estimate of drug-likeness (QED) is 0.660.